The molecule has 7 nitrogen and oxygen atoms in total. The average Bonchev–Trinajstić information content (AvgIpc) is 2.81. The third kappa shape index (κ3) is 2.95. The molecule has 2 rings (SSSR count). The molecule has 0 aliphatic carbocycles. The minimum atomic E-state index is -3.14. The maximum Gasteiger partial charge on any atom is 0.354 e. The van der Waals surface area contributed by atoms with Gasteiger partial charge in [-0.2, -0.15) is 0 Å². The molecular weight excluding hydrogens is 272 g/mol. The molecule has 1 aromatic heterocycles. The first kappa shape index (κ1) is 13.6. The number of hydrogen-bond donors (Lipinski definition) is 3. The lowest BCUT2D eigenvalue weighted by Crippen LogP contribution is -2.24. The molecule has 2 heterocycles. The van der Waals surface area contributed by atoms with Gasteiger partial charge in [-0.3, -0.25) is 4.79 Å². The lowest BCUT2D eigenvalue weighted by Gasteiger charge is -2.08. The Morgan fingerprint density at radius 2 is 2.16 bits per heavy atom. The predicted octanol–water partition coefficient (Wildman–Crippen LogP) is 0.395. The molecule has 1 aliphatic rings. The molecule has 104 valence electrons. The minimum absolute atomic E-state index is 0.00301. The van der Waals surface area contributed by atoms with Crippen LogP contribution in [0.5, 0.6) is 0 Å². The van der Waals surface area contributed by atoms with Crippen molar-refractivity contribution in [3.63, 3.8) is 0 Å². The van der Waals surface area contributed by atoms with Gasteiger partial charge in [0.15, 0.2) is 9.84 Å². The monoisotopic (exact) mass is 286 g/mol. The lowest BCUT2D eigenvalue weighted by molar-refractivity contribution is -0.119. The highest BCUT2D eigenvalue weighted by Gasteiger charge is 2.33. The number of sulfone groups is 1. The minimum Gasteiger partial charge on any atom is -0.477 e. The van der Waals surface area contributed by atoms with Crippen LogP contribution in [0.25, 0.3) is 0 Å². The summed E-state index contributed by atoms with van der Waals surface area (Å²) in [5.41, 5.74) is 0.665. The molecule has 3 N–H and O–H groups in total. The Morgan fingerprint density at radius 3 is 2.68 bits per heavy atom. The van der Waals surface area contributed by atoms with E-state index in [2.05, 4.69) is 10.3 Å². The van der Waals surface area contributed by atoms with E-state index < -0.39 is 27.6 Å². The molecule has 1 unspecified atom stereocenters. The Kier molecular flexibility index (Phi) is 3.36. The third-order valence-corrected chi connectivity index (χ3v) is 4.80. The van der Waals surface area contributed by atoms with Crippen molar-refractivity contribution in [1.82, 2.24) is 4.98 Å². The van der Waals surface area contributed by atoms with Gasteiger partial charge in [0.1, 0.15) is 5.69 Å². The smallest absolute Gasteiger partial charge is 0.354 e. The lowest BCUT2D eigenvalue weighted by atomic mass is 10.1. The van der Waals surface area contributed by atoms with E-state index in [1.54, 1.807) is 6.92 Å². The van der Waals surface area contributed by atoms with Crippen molar-refractivity contribution < 1.29 is 23.1 Å². The standard InChI is InChI=1S/C11H14N2O5S/c1-6-4-8(9(12-6)11(15)16)13-10(14)7-2-3-19(17,18)5-7/h4,7,12H,2-3,5H2,1H3,(H,13,14)(H,15,16). The normalized spacial score (nSPS) is 21.2. The molecule has 1 amide bonds. The number of aryl methyl sites for hydroxylation is 1. The summed E-state index contributed by atoms with van der Waals surface area (Å²) in [6.07, 6.45) is 0.278. The van der Waals surface area contributed by atoms with Gasteiger partial charge in [0.25, 0.3) is 0 Å². The zero-order chi connectivity index (χ0) is 14.2. The number of carboxylic acids is 1. The number of carboxylic acid groups (broad SMARTS) is 1. The first-order valence-electron chi connectivity index (χ1n) is 5.73. The van der Waals surface area contributed by atoms with Gasteiger partial charge in [-0.1, -0.05) is 0 Å². The van der Waals surface area contributed by atoms with Gasteiger partial charge in [-0.05, 0) is 19.4 Å². The summed E-state index contributed by atoms with van der Waals surface area (Å²) in [4.78, 5) is 25.5. The first-order chi connectivity index (χ1) is 8.78. The Morgan fingerprint density at radius 1 is 1.47 bits per heavy atom. The number of aromatic carboxylic acids is 1. The SMILES string of the molecule is Cc1cc(NC(=O)C2CCS(=O)(=O)C2)c(C(=O)O)[nH]1. The highest BCUT2D eigenvalue weighted by Crippen LogP contribution is 2.22. The van der Waals surface area contributed by atoms with Crippen LogP contribution in [-0.4, -0.2) is 41.9 Å². The Labute approximate surface area is 109 Å². The first-order valence-corrected chi connectivity index (χ1v) is 7.55. The molecule has 1 fully saturated rings. The van der Waals surface area contributed by atoms with Crippen LogP contribution in [0, 0.1) is 12.8 Å². The molecule has 0 radical (unpaired) electrons. The second kappa shape index (κ2) is 4.69. The number of hydrogen-bond acceptors (Lipinski definition) is 4. The zero-order valence-electron chi connectivity index (χ0n) is 10.3. The van der Waals surface area contributed by atoms with Crippen molar-refractivity contribution >= 4 is 27.4 Å². The molecule has 1 aliphatic heterocycles. The summed E-state index contributed by atoms with van der Waals surface area (Å²) in [6, 6.07) is 1.50. The number of carbonyl (C=O) groups is 2. The number of anilines is 1. The van der Waals surface area contributed by atoms with Crippen LogP contribution in [0.4, 0.5) is 5.69 Å². The van der Waals surface area contributed by atoms with Gasteiger partial charge in [-0.15, -0.1) is 0 Å². The van der Waals surface area contributed by atoms with Crippen LogP contribution in [0.15, 0.2) is 6.07 Å². The summed E-state index contributed by atoms with van der Waals surface area (Å²) >= 11 is 0. The quantitative estimate of drug-likeness (QED) is 0.743. The number of amides is 1. The van der Waals surface area contributed by atoms with Gasteiger partial charge in [-0.25, -0.2) is 13.2 Å². The molecule has 19 heavy (non-hydrogen) atoms. The van der Waals surface area contributed by atoms with Crippen molar-refractivity contribution in [2.75, 3.05) is 16.8 Å². The van der Waals surface area contributed by atoms with Crippen molar-refractivity contribution in [1.29, 1.82) is 0 Å². The van der Waals surface area contributed by atoms with Crippen molar-refractivity contribution in [3.8, 4) is 0 Å². The molecule has 1 aromatic rings. The second-order valence-corrected chi connectivity index (χ2v) is 6.86. The van der Waals surface area contributed by atoms with E-state index in [1.807, 2.05) is 0 Å². The maximum absolute atomic E-state index is 11.9. The number of rotatable bonds is 3. The molecule has 1 atom stereocenters. The van der Waals surface area contributed by atoms with Crippen LogP contribution >= 0.6 is 0 Å². The third-order valence-electron chi connectivity index (χ3n) is 3.03. The Hall–Kier alpha value is -1.83. The van der Waals surface area contributed by atoms with E-state index in [0.717, 1.165) is 0 Å². The highest BCUT2D eigenvalue weighted by molar-refractivity contribution is 7.91. The summed E-state index contributed by atoms with van der Waals surface area (Å²) < 4.78 is 22.6. The Balaban J connectivity index is 2.14. The molecule has 0 bridgehead atoms. The molecule has 1 saturated heterocycles. The number of aromatic nitrogens is 1. The van der Waals surface area contributed by atoms with Crippen LogP contribution in [0.2, 0.25) is 0 Å². The summed E-state index contributed by atoms with van der Waals surface area (Å²) in [6.45, 7) is 1.67. The predicted molar refractivity (Wildman–Crippen MR) is 67.9 cm³/mol. The number of H-pyrrole nitrogens is 1. The van der Waals surface area contributed by atoms with E-state index in [-0.39, 0.29) is 29.3 Å². The number of nitrogens with one attached hydrogen (secondary N) is 2. The van der Waals surface area contributed by atoms with Crippen molar-refractivity contribution in [2.24, 2.45) is 5.92 Å². The fraction of sp³-hybridized carbons (Fsp3) is 0.455. The van der Waals surface area contributed by atoms with E-state index in [0.29, 0.717) is 5.69 Å². The van der Waals surface area contributed by atoms with Gasteiger partial charge in [0.05, 0.1) is 23.1 Å². The van der Waals surface area contributed by atoms with Crippen LogP contribution in [0.1, 0.15) is 22.6 Å². The van der Waals surface area contributed by atoms with Crippen molar-refractivity contribution in [2.45, 2.75) is 13.3 Å². The van der Waals surface area contributed by atoms with Gasteiger partial charge < -0.3 is 15.4 Å². The Bertz CT molecular complexity index is 632. The maximum atomic E-state index is 11.9. The molecule has 8 heteroatoms. The topological polar surface area (TPSA) is 116 Å². The van der Waals surface area contributed by atoms with Gasteiger partial charge in [0, 0.05) is 5.69 Å². The zero-order valence-corrected chi connectivity index (χ0v) is 11.1. The summed E-state index contributed by atoms with van der Waals surface area (Å²) in [5.74, 6) is -2.42. The molecule has 0 spiro atoms. The molecule has 0 aromatic carbocycles. The van der Waals surface area contributed by atoms with E-state index >= 15 is 0 Å². The fourth-order valence-electron chi connectivity index (χ4n) is 2.09. The van der Waals surface area contributed by atoms with Crippen LogP contribution in [-0.2, 0) is 14.6 Å². The van der Waals surface area contributed by atoms with E-state index in [9.17, 15) is 18.0 Å². The van der Waals surface area contributed by atoms with Crippen LogP contribution < -0.4 is 5.32 Å². The highest BCUT2D eigenvalue weighted by atomic mass is 32.2. The van der Waals surface area contributed by atoms with E-state index in [4.69, 9.17) is 5.11 Å². The molecule has 0 saturated carbocycles. The largest absolute Gasteiger partial charge is 0.477 e. The van der Waals surface area contributed by atoms with Crippen LogP contribution in [0.3, 0.4) is 0 Å². The van der Waals surface area contributed by atoms with Gasteiger partial charge in [0.2, 0.25) is 5.91 Å². The fourth-order valence-corrected chi connectivity index (χ4v) is 3.83. The van der Waals surface area contributed by atoms with Crippen molar-refractivity contribution in [3.05, 3.63) is 17.5 Å². The average molecular weight is 286 g/mol. The molecular formula is C11H14N2O5S. The summed E-state index contributed by atoms with van der Waals surface area (Å²) in [5, 5.41) is 11.4. The van der Waals surface area contributed by atoms with Gasteiger partial charge >= 0.3 is 5.97 Å². The number of aromatic amines is 1. The summed E-state index contributed by atoms with van der Waals surface area (Å²) in [7, 11) is -3.14. The number of carbonyl (C=O) groups excluding carboxylic acids is 1. The van der Waals surface area contributed by atoms with E-state index in [1.165, 1.54) is 6.07 Å². The second-order valence-electron chi connectivity index (χ2n) is 4.64.